The average molecular weight is 571 g/mol. The first-order valence-electron chi connectivity index (χ1n) is 11.6. The van der Waals surface area contributed by atoms with E-state index >= 15 is 0 Å². The molecule has 12 heteroatoms. The summed E-state index contributed by atoms with van der Waals surface area (Å²) in [4.78, 5) is 38.2. The van der Waals surface area contributed by atoms with E-state index in [2.05, 4.69) is 13.5 Å². The number of ether oxygens (including phenoxy) is 4. The van der Waals surface area contributed by atoms with Gasteiger partial charge in [-0.25, -0.2) is 4.79 Å². The van der Waals surface area contributed by atoms with E-state index in [0.29, 0.717) is 28.1 Å². The molecule has 0 N–H and O–H groups in total. The Bertz CT molecular complexity index is 1570. The Balaban J connectivity index is 0.00000441. The van der Waals surface area contributed by atoms with E-state index in [9.17, 15) is 19.5 Å². The number of esters is 1. The molecule has 0 fully saturated rings. The Hall–Kier alpha value is -3.77. The summed E-state index contributed by atoms with van der Waals surface area (Å²) in [5.41, 5.74) is 1.63. The molecule has 4 aromatic rings. The van der Waals surface area contributed by atoms with Crippen LogP contribution in [0.4, 0.5) is 0 Å². The van der Waals surface area contributed by atoms with Gasteiger partial charge in [0.2, 0.25) is 0 Å². The predicted molar refractivity (Wildman–Crippen MR) is 141 cm³/mol. The number of aliphatic carboxylic acids is 1. The Morgan fingerprint density at radius 2 is 1.48 bits per heavy atom. The summed E-state index contributed by atoms with van der Waals surface area (Å²) in [7, 11) is 4.20. The number of aromatic nitrogens is 2. The van der Waals surface area contributed by atoms with Crippen molar-refractivity contribution < 1.29 is 68.0 Å². The molecule has 3 aromatic carbocycles. The standard InChI is InChI=1S/C28H24N2O8S.Na/c1-35-19-8-4-16(5-9-19)27(32)21(26(28(33)34)18-7-11-22-23(13-18)30-39-29-22)12-17-6-10-20(36-2)14-24(17)38-15-25(31)37-3;/h4-11,13-14H,12,15H2,1-3H3,(H,33,34);/q;+1/p-1. The second kappa shape index (κ2) is 14.0. The Morgan fingerprint density at radius 1 is 0.825 bits per heavy atom. The molecule has 0 aliphatic rings. The number of rotatable bonds is 11. The molecule has 0 unspecified atom stereocenters. The largest absolute Gasteiger partial charge is 1.00 e. The van der Waals surface area contributed by atoms with Crippen molar-refractivity contribution in [1.82, 2.24) is 8.75 Å². The van der Waals surface area contributed by atoms with Gasteiger partial charge >= 0.3 is 35.5 Å². The molecule has 0 saturated heterocycles. The summed E-state index contributed by atoms with van der Waals surface area (Å²) in [6.07, 6.45) is -0.165. The second-order valence-corrected chi connectivity index (χ2v) is 8.71. The van der Waals surface area contributed by atoms with Crippen LogP contribution >= 0.6 is 11.7 Å². The van der Waals surface area contributed by atoms with Crippen LogP contribution in [0, 0.1) is 0 Å². The number of carbonyl (C=O) groups excluding carboxylic acids is 3. The van der Waals surface area contributed by atoms with Gasteiger partial charge in [-0.15, -0.1) is 0 Å². The molecule has 0 amide bonds. The van der Waals surface area contributed by atoms with E-state index in [1.165, 1.54) is 21.3 Å². The fourth-order valence-electron chi connectivity index (χ4n) is 3.88. The van der Waals surface area contributed by atoms with E-state index < -0.39 is 24.3 Å². The smallest absolute Gasteiger partial charge is 0.545 e. The molecular weight excluding hydrogens is 547 g/mol. The van der Waals surface area contributed by atoms with Crippen LogP contribution in [0.25, 0.3) is 16.6 Å². The SMILES string of the molecule is COC(=O)COc1cc(OC)ccc1CC(C(=O)c1ccc(OC)cc1)=C(C(=O)[O-])c1ccc2nsnc2c1.[Na+]. The summed E-state index contributed by atoms with van der Waals surface area (Å²) in [6.45, 7) is -0.400. The van der Waals surface area contributed by atoms with Gasteiger partial charge in [0.15, 0.2) is 12.4 Å². The molecule has 0 saturated carbocycles. The third-order valence-electron chi connectivity index (χ3n) is 5.89. The van der Waals surface area contributed by atoms with Crippen molar-refractivity contribution in [3.8, 4) is 17.2 Å². The molecule has 40 heavy (non-hydrogen) atoms. The number of Topliss-reactive ketones (excluding diaryl/α,β-unsaturated/α-hetero) is 1. The van der Waals surface area contributed by atoms with Crippen molar-refractivity contribution in [2.24, 2.45) is 0 Å². The van der Waals surface area contributed by atoms with Gasteiger partial charge in [0.05, 0.1) is 39.0 Å². The molecule has 0 aliphatic carbocycles. The van der Waals surface area contributed by atoms with Crippen molar-refractivity contribution in [1.29, 1.82) is 0 Å². The van der Waals surface area contributed by atoms with Gasteiger partial charge in [0.1, 0.15) is 28.3 Å². The van der Waals surface area contributed by atoms with Crippen molar-refractivity contribution in [3.05, 3.63) is 82.9 Å². The number of fused-ring (bicyclic) bond motifs is 1. The minimum atomic E-state index is -1.54. The van der Waals surface area contributed by atoms with Crippen LogP contribution in [-0.2, 0) is 20.7 Å². The molecule has 0 bridgehead atoms. The van der Waals surface area contributed by atoms with Crippen molar-refractivity contribution in [3.63, 3.8) is 0 Å². The van der Waals surface area contributed by atoms with Gasteiger partial charge in [-0.3, -0.25) is 4.79 Å². The van der Waals surface area contributed by atoms with E-state index in [1.807, 2.05) is 0 Å². The number of carboxylic acid groups (broad SMARTS) is 1. The van der Waals surface area contributed by atoms with Crippen LogP contribution in [0.5, 0.6) is 17.2 Å². The molecule has 10 nitrogen and oxygen atoms in total. The summed E-state index contributed by atoms with van der Waals surface area (Å²) in [5.74, 6) is -1.51. The molecule has 0 radical (unpaired) electrons. The van der Waals surface area contributed by atoms with Crippen LogP contribution in [0.15, 0.2) is 66.2 Å². The number of carbonyl (C=O) groups is 3. The topological polar surface area (TPSA) is 137 Å². The number of allylic oxidation sites excluding steroid dienone is 1. The molecule has 0 spiro atoms. The van der Waals surface area contributed by atoms with Gasteiger partial charge in [-0.1, -0.05) is 12.1 Å². The van der Waals surface area contributed by atoms with Gasteiger partial charge < -0.3 is 28.8 Å². The minimum absolute atomic E-state index is 0. The number of methoxy groups -OCH3 is 3. The van der Waals surface area contributed by atoms with Crippen molar-refractivity contribution >= 4 is 46.1 Å². The summed E-state index contributed by atoms with van der Waals surface area (Å²) < 4.78 is 29.1. The van der Waals surface area contributed by atoms with Gasteiger partial charge in [0, 0.05) is 29.2 Å². The molecule has 0 aliphatic heterocycles. The number of nitrogens with zero attached hydrogens (tertiary/aromatic N) is 2. The Kier molecular flexibility index (Phi) is 10.8. The second-order valence-electron chi connectivity index (χ2n) is 8.18. The maximum absolute atomic E-state index is 13.9. The zero-order valence-electron chi connectivity index (χ0n) is 22.3. The van der Waals surface area contributed by atoms with Gasteiger partial charge in [-0.05, 0) is 53.6 Å². The molecule has 0 atom stereocenters. The fraction of sp³-hybridized carbons (Fsp3) is 0.179. The van der Waals surface area contributed by atoms with E-state index in [4.69, 9.17) is 14.2 Å². The quantitative estimate of drug-likeness (QED) is 0.104. The van der Waals surface area contributed by atoms with Crippen LogP contribution in [0.2, 0.25) is 0 Å². The number of benzene rings is 3. The van der Waals surface area contributed by atoms with Crippen molar-refractivity contribution in [2.45, 2.75) is 6.42 Å². The Labute approximate surface area is 256 Å². The Morgan fingerprint density at radius 3 is 2.12 bits per heavy atom. The zero-order valence-corrected chi connectivity index (χ0v) is 25.1. The molecule has 200 valence electrons. The van der Waals surface area contributed by atoms with Crippen LogP contribution in [0.3, 0.4) is 0 Å². The fourth-order valence-corrected chi connectivity index (χ4v) is 4.40. The zero-order chi connectivity index (χ0) is 27.9. The van der Waals surface area contributed by atoms with Gasteiger partial charge in [0.25, 0.3) is 0 Å². The van der Waals surface area contributed by atoms with E-state index in [-0.39, 0.29) is 64.0 Å². The number of hydrogen-bond acceptors (Lipinski definition) is 11. The van der Waals surface area contributed by atoms with Gasteiger partial charge in [-0.2, -0.15) is 8.75 Å². The third-order valence-corrected chi connectivity index (χ3v) is 6.45. The van der Waals surface area contributed by atoms with E-state index in [0.717, 1.165) is 11.7 Å². The maximum Gasteiger partial charge on any atom is 1.00 e. The average Bonchev–Trinajstić information content (AvgIpc) is 3.43. The third kappa shape index (κ3) is 7.05. The molecule has 1 aromatic heterocycles. The van der Waals surface area contributed by atoms with Crippen LogP contribution < -0.4 is 48.9 Å². The first-order chi connectivity index (χ1) is 18.8. The monoisotopic (exact) mass is 570 g/mol. The summed E-state index contributed by atoms with van der Waals surface area (Å²) >= 11 is 0.990. The first-order valence-corrected chi connectivity index (χ1v) is 12.3. The predicted octanol–water partition coefficient (Wildman–Crippen LogP) is -0.107. The molecule has 1 heterocycles. The number of ketones is 1. The van der Waals surface area contributed by atoms with Crippen molar-refractivity contribution in [2.75, 3.05) is 27.9 Å². The summed E-state index contributed by atoms with van der Waals surface area (Å²) in [6, 6.07) is 15.9. The maximum atomic E-state index is 13.9. The normalized spacial score (nSPS) is 11.2. The van der Waals surface area contributed by atoms with E-state index in [1.54, 1.807) is 60.7 Å². The molecule has 4 rings (SSSR count). The molecular formula is C28H23N2NaO8S. The number of hydrogen-bond donors (Lipinski definition) is 0. The van der Waals surface area contributed by atoms with Crippen LogP contribution in [-0.4, -0.2) is 54.4 Å². The minimum Gasteiger partial charge on any atom is -0.545 e. The summed E-state index contributed by atoms with van der Waals surface area (Å²) in [5, 5.41) is 12.6. The first kappa shape index (κ1) is 30.8. The number of carboxylic acids is 1. The van der Waals surface area contributed by atoms with Crippen LogP contribution in [0.1, 0.15) is 21.5 Å².